The Kier molecular flexibility index (Phi) is 3.50. The lowest BCUT2D eigenvalue weighted by Gasteiger charge is -2.25. The number of hydrogen-bond donors (Lipinski definition) is 1. The summed E-state index contributed by atoms with van der Waals surface area (Å²) in [6, 6.07) is 5.66. The highest BCUT2D eigenvalue weighted by molar-refractivity contribution is 9.10. The average Bonchev–Trinajstić information content (AvgIpc) is 2.43. The van der Waals surface area contributed by atoms with Crippen LogP contribution in [-0.2, 0) is 12.8 Å². The molecule has 2 aromatic rings. The molecule has 0 saturated heterocycles. The largest absolute Gasteiger partial charge is 0.478 e. The molecule has 0 fully saturated rings. The molecule has 0 spiro atoms. The van der Waals surface area contributed by atoms with E-state index >= 15 is 0 Å². The molecule has 1 aromatic heterocycles. The lowest BCUT2D eigenvalue weighted by atomic mass is 9.82. The number of nitrogens with zero attached hydrogens (tertiary/aromatic N) is 1. The molecule has 1 aliphatic rings. The Labute approximate surface area is 126 Å². The fraction of sp³-hybridized carbons (Fsp3) is 0.375. The summed E-state index contributed by atoms with van der Waals surface area (Å²) in [7, 11) is 0. The van der Waals surface area contributed by atoms with E-state index in [0.29, 0.717) is 11.5 Å². The number of carboxylic acid groups (broad SMARTS) is 1. The molecule has 0 aliphatic heterocycles. The molecule has 20 heavy (non-hydrogen) atoms. The van der Waals surface area contributed by atoms with Gasteiger partial charge >= 0.3 is 5.97 Å². The summed E-state index contributed by atoms with van der Waals surface area (Å²) in [5.74, 6) is -0.268. The number of carbonyl (C=O) groups is 1. The van der Waals surface area contributed by atoms with Crippen molar-refractivity contribution in [3.63, 3.8) is 0 Å². The number of pyridine rings is 1. The highest BCUT2D eigenvalue weighted by Crippen LogP contribution is 2.33. The Hall–Kier alpha value is -1.42. The van der Waals surface area contributed by atoms with Gasteiger partial charge in [-0.15, -0.1) is 0 Å². The van der Waals surface area contributed by atoms with E-state index in [1.165, 1.54) is 0 Å². The topological polar surface area (TPSA) is 50.2 Å². The van der Waals surface area contributed by atoms with Gasteiger partial charge in [-0.3, -0.25) is 4.98 Å². The monoisotopic (exact) mass is 333 g/mol. The Bertz CT molecular complexity index is 696. The summed E-state index contributed by atoms with van der Waals surface area (Å²) in [5, 5.41) is 10.4. The van der Waals surface area contributed by atoms with Crippen molar-refractivity contribution in [2.24, 2.45) is 5.92 Å². The molecule has 0 radical (unpaired) electrons. The Morgan fingerprint density at radius 2 is 2.30 bits per heavy atom. The molecule has 4 heteroatoms. The van der Waals surface area contributed by atoms with Gasteiger partial charge < -0.3 is 5.11 Å². The molecular formula is C16H16BrNO2. The van der Waals surface area contributed by atoms with Crippen LogP contribution in [0, 0.1) is 5.92 Å². The zero-order valence-electron chi connectivity index (χ0n) is 11.3. The lowest BCUT2D eigenvalue weighted by Crippen LogP contribution is -2.19. The molecule has 0 bridgehead atoms. The van der Waals surface area contributed by atoms with E-state index in [-0.39, 0.29) is 0 Å². The maximum atomic E-state index is 11.8. The van der Waals surface area contributed by atoms with E-state index in [4.69, 9.17) is 0 Å². The van der Waals surface area contributed by atoms with Gasteiger partial charge in [0.2, 0.25) is 0 Å². The first-order chi connectivity index (χ1) is 9.60. The van der Waals surface area contributed by atoms with Gasteiger partial charge in [0, 0.05) is 15.6 Å². The van der Waals surface area contributed by atoms with Crippen LogP contribution in [0.2, 0.25) is 0 Å². The number of benzene rings is 1. The molecular weight excluding hydrogens is 318 g/mol. The second-order valence-electron chi connectivity index (χ2n) is 5.40. The Balaban J connectivity index is 2.30. The van der Waals surface area contributed by atoms with E-state index in [1.807, 2.05) is 18.2 Å². The zero-order valence-corrected chi connectivity index (χ0v) is 12.9. The lowest BCUT2D eigenvalue weighted by molar-refractivity contribution is 0.0697. The summed E-state index contributed by atoms with van der Waals surface area (Å²) in [4.78, 5) is 16.4. The number of rotatable bonds is 2. The van der Waals surface area contributed by atoms with E-state index in [2.05, 4.69) is 27.8 Å². The minimum absolute atomic E-state index is 0.449. The summed E-state index contributed by atoms with van der Waals surface area (Å²) >= 11 is 3.42. The first kappa shape index (κ1) is 13.6. The van der Waals surface area contributed by atoms with Gasteiger partial charge in [-0.05, 0) is 48.9 Å². The second kappa shape index (κ2) is 5.17. The number of halogens is 1. The molecule has 1 heterocycles. The highest BCUT2D eigenvalue weighted by atomic mass is 79.9. The van der Waals surface area contributed by atoms with E-state index < -0.39 is 5.97 Å². The van der Waals surface area contributed by atoms with Gasteiger partial charge in [-0.2, -0.15) is 0 Å². The number of aromatic carboxylic acids is 1. The number of fused-ring (bicyclic) bond motifs is 2. The van der Waals surface area contributed by atoms with Crippen molar-refractivity contribution in [2.45, 2.75) is 32.6 Å². The molecule has 1 atom stereocenters. The fourth-order valence-corrected chi connectivity index (χ4v) is 3.44. The smallest absolute Gasteiger partial charge is 0.336 e. The molecule has 1 unspecified atom stereocenters. The van der Waals surface area contributed by atoms with Crippen molar-refractivity contribution in [2.75, 3.05) is 0 Å². The van der Waals surface area contributed by atoms with Gasteiger partial charge in [0.05, 0.1) is 11.1 Å². The molecule has 3 rings (SSSR count). The Morgan fingerprint density at radius 1 is 1.50 bits per heavy atom. The first-order valence-electron chi connectivity index (χ1n) is 6.94. The second-order valence-corrected chi connectivity index (χ2v) is 6.31. The van der Waals surface area contributed by atoms with Crippen LogP contribution in [-0.4, -0.2) is 16.1 Å². The van der Waals surface area contributed by atoms with Crippen LogP contribution in [0.3, 0.4) is 0 Å². The fourth-order valence-electron chi connectivity index (χ4n) is 3.08. The molecule has 1 N–H and O–H groups in total. The minimum atomic E-state index is -0.844. The van der Waals surface area contributed by atoms with Gasteiger partial charge in [0.25, 0.3) is 0 Å². The highest BCUT2D eigenvalue weighted by Gasteiger charge is 2.26. The molecule has 1 aromatic carbocycles. The van der Waals surface area contributed by atoms with Crippen LogP contribution in [0.1, 0.15) is 41.4 Å². The van der Waals surface area contributed by atoms with Crippen molar-refractivity contribution in [1.29, 1.82) is 0 Å². The Morgan fingerprint density at radius 3 is 3.00 bits per heavy atom. The predicted molar refractivity (Wildman–Crippen MR) is 82.2 cm³/mol. The van der Waals surface area contributed by atoms with Crippen LogP contribution in [0.15, 0.2) is 22.7 Å². The van der Waals surface area contributed by atoms with Gasteiger partial charge in [-0.1, -0.05) is 29.3 Å². The minimum Gasteiger partial charge on any atom is -0.478 e. The van der Waals surface area contributed by atoms with Crippen molar-refractivity contribution in [1.82, 2.24) is 4.98 Å². The summed E-state index contributed by atoms with van der Waals surface area (Å²) in [6.45, 7) is 2.17. The van der Waals surface area contributed by atoms with Crippen molar-refractivity contribution in [3.8, 4) is 0 Å². The standard InChI is InChI=1S/C16H16BrNO2/c1-2-9-3-5-13-11(7-9)15(16(19)20)12-8-10(17)4-6-14(12)18-13/h4,6,8-9H,2-3,5,7H2,1H3,(H,19,20). The number of aryl methyl sites for hydroxylation is 1. The van der Waals surface area contributed by atoms with Crippen molar-refractivity contribution in [3.05, 3.63) is 39.5 Å². The average molecular weight is 334 g/mol. The van der Waals surface area contributed by atoms with Gasteiger partial charge in [-0.25, -0.2) is 4.79 Å². The van der Waals surface area contributed by atoms with Crippen LogP contribution >= 0.6 is 15.9 Å². The molecule has 0 saturated carbocycles. The third-order valence-electron chi connectivity index (χ3n) is 4.21. The molecule has 3 nitrogen and oxygen atoms in total. The van der Waals surface area contributed by atoms with Crippen LogP contribution < -0.4 is 0 Å². The van der Waals surface area contributed by atoms with Crippen molar-refractivity contribution >= 4 is 32.8 Å². The maximum Gasteiger partial charge on any atom is 0.336 e. The number of hydrogen-bond acceptors (Lipinski definition) is 2. The molecule has 1 aliphatic carbocycles. The zero-order chi connectivity index (χ0) is 14.3. The third-order valence-corrected chi connectivity index (χ3v) is 4.70. The number of carboxylic acids is 1. The predicted octanol–water partition coefficient (Wildman–Crippen LogP) is 4.21. The normalized spacial score (nSPS) is 18.0. The van der Waals surface area contributed by atoms with E-state index in [1.54, 1.807) is 0 Å². The van der Waals surface area contributed by atoms with Crippen LogP contribution in [0.4, 0.5) is 0 Å². The summed E-state index contributed by atoms with van der Waals surface area (Å²) in [5.41, 5.74) is 3.15. The maximum absolute atomic E-state index is 11.8. The van der Waals surface area contributed by atoms with Gasteiger partial charge in [0.1, 0.15) is 0 Å². The number of aromatic nitrogens is 1. The summed E-state index contributed by atoms with van der Waals surface area (Å²) in [6.07, 6.45) is 3.93. The third kappa shape index (κ3) is 2.22. The van der Waals surface area contributed by atoms with Crippen molar-refractivity contribution < 1.29 is 9.90 Å². The first-order valence-corrected chi connectivity index (χ1v) is 7.73. The van der Waals surface area contributed by atoms with Gasteiger partial charge in [0.15, 0.2) is 0 Å². The SMILES string of the molecule is CCC1CCc2nc3ccc(Br)cc3c(C(=O)O)c2C1. The van der Waals surface area contributed by atoms with E-state index in [0.717, 1.165) is 52.3 Å². The molecule has 0 amide bonds. The van der Waals surface area contributed by atoms with E-state index in [9.17, 15) is 9.90 Å². The quantitative estimate of drug-likeness (QED) is 0.895. The summed E-state index contributed by atoms with van der Waals surface area (Å²) < 4.78 is 0.886. The molecule has 104 valence electrons. The van der Waals surface area contributed by atoms with Crippen LogP contribution in [0.25, 0.3) is 10.9 Å². The van der Waals surface area contributed by atoms with Crippen LogP contribution in [0.5, 0.6) is 0 Å².